The lowest BCUT2D eigenvalue weighted by Crippen LogP contribution is -1.92. The Morgan fingerprint density at radius 1 is 1.35 bits per heavy atom. The van der Waals surface area contributed by atoms with Crippen molar-refractivity contribution >= 4 is 23.8 Å². The molecule has 0 saturated heterocycles. The lowest BCUT2D eigenvalue weighted by Gasteiger charge is -2.08. The van der Waals surface area contributed by atoms with Crippen LogP contribution in [0.25, 0.3) is 11.1 Å². The highest BCUT2D eigenvalue weighted by atomic mass is 35.5. The molecule has 1 aromatic heterocycles. The molecule has 2 rings (SSSR count). The largest absolute Gasteiger partial charge is 0.496 e. The Labute approximate surface area is 107 Å². The van der Waals surface area contributed by atoms with Crippen LogP contribution in [0.15, 0.2) is 24.3 Å². The summed E-state index contributed by atoms with van der Waals surface area (Å²) < 4.78 is 18.8. The highest BCUT2D eigenvalue weighted by molar-refractivity contribution is 7.71. The van der Waals surface area contributed by atoms with Gasteiger partial charge >= 0.3 is 0 Å². The van der Waals surface area contributed by atoms with E-state index in [-0.39, 0.29) is 11.0 Å². The Bertz CT molecular complexity index is 615. The molecule has 88 valence electrons. The average Bonchev–Trinajstić information content (AvgIpc) is 2.32. The molecule has 0 radical (unpaired) electrons. The average molecular weight is 271 g/mol. The van der Waals surface area contributed by atoms with Crippen LogP contribution < -0.4 is 4.74 Å². The fraction of sp³-hybridized carbons (Fsp3) is 0.0909. The first-order chi connectivity index (χ1) is 8.11. The zero-order chi connectivity index (χ0) is 12.4. The van der Waals surface area contributed by atoms with E-state index in [1.54, 1.807) is 6.07 Å². The number of ether oxygens (including phenoxy) is 1. The van der Waals surface area contributed by atoms with Crippen molar-refractivity contribution in [2.45, 2.75) is 0 Å². The predicted octanol–water partition coefficient (Wildman–Crippen LogP) is 3.61. The van der Waals surface area contributed by atoms with Gasteiger partial charge in [-0.3, -0.25) is 5.10 Å². The summed E-state index contributed by atoms with van der Waals surface area (Å²) in [6, 6.07) is 5.76. The monoisotopic (exact) mass is 270 g/mol. The summed E-state index contributed by atoms with van der Waals surface area (Å²) in [5.74, 6) is 0.149. The van der Waals surface area contributed by atoms with Crippen molar-refractivity contribution in [3.63, 3.8) is 0 Å². The minimum atomic E-state index is -0.372. The number of hydrogen-bond acceptors (Lipinski definition) is 3. The molecule has 2 aromatic rings. The molecule has 0 aliphatic carbocycles. The molecule has 0 bridgehead atoms. The lowest BCUT2D eigenvalue weighted by atomic mass is 10.1. The second-order valence-corrected chi connectivity index (χ2v) is 4.07. The highest BCUT2D eigenvalue weighted by Crippen LogP contribution is 2.31. The van der Waals surface area contributed by atoms with Crippen molar-refractivity contribution in [3.8, 4) is 16.9 Å². The first-order valence-corrected chi connectivity index (χ1v) is 5.49. The molecule has 0 atom stereocenters. The summed E-state index contributed by atoms with van der Waals surface area (Å²) in [6.07, 6.45) is 0. The minimum absolute atomic E-state index is 0.250. The summed E-state index contributed by atoms with van der Waals surface area (Å²) in [5, 5.41) is 6.59. The molecule has 6 heteroatoms. The van der Waals surface area contributed by atoms with E-state index in [4.69, 9.17) is 28.6 Å². The third-order valence-electron chi connectivity index (χ3n) is 2.22. The van der Waals surface area contributed by atoms with Gasteiger partial charge in [-0.1, -0.05) is 23.8 Å². The Hall–Kier alpha value is -1.46. The van der Waals surface area contributed by atoms with E-state index in [0.29, 0.717) is 21.5 Å². The second-order valence-electron chi connectivity index (χ2n) is 3.28. The van der Waals surface area contributed by atoms with Crippen molar-refractivity contribution in [2.24, 2.45) is 0 Å². The van der Waals surface area contributed by atoms with Crippen LogP contribution in [0, 0.1) is 10.5 Å². The van der Waals surface area contributed by atoms with Gasteiger partial charge < -0.3 is 4.74 Å². The number of aromatic nitrogens is 2. The van der Waals surface area contributed by atoms with Gasteiger partial charge in [-0.2, -0.15) is 5.10 Å². The van der Waals surface area contributed by atoms with Gasteiger partial charge in [0.05, 0.1) is 7.11 Å². The molecular weight excluding hydrogens is 263 g/mol. The van der Waals surface area contributed by atoms with Gasteiger partial charge in [-0.25, -0.2) is 4.39 Å². The minimum Gasteiger partial charge on any atom is -0.496 e. The molecule has 0 spiro atoms. The van der Waals surface area contributed by atoms with Gasteiger partial charge in [0.2, 0.25) is 0 Å². The molecule has 0 saturated carbocycles. The van der Waals surface area contributed by atoms with Crippen molar-refractivity contribution in [1.82, 2.24) is 10.2 Å². The van der Waals surface area contributed by atoms with E-state index in [0.717, 1.165) is 0 Å². The van der Waals surface area contributed by atoms with Crippen LogP contribution in [0.2, 0.25) is 5.15 Å². The summed E-state index contributed by atoms with van der Waals surface area (Å²) in [6.45, 7) is 0. The quantitative estimate of drug-likeness (QED) is 0.847. The number of rotatable bonds is 2. The fourth-order valence-electron chi connectivity index (χ4n) is 1.47. The molecule has 0 unspecified atom stereocenters. The maximum Gasteiger partial charge on any atom is 0.150 e. The van der Waals surface area contributed by atoms with E-state index in [1.807, 2.05) is 0 Å². The highest BCUT2D eigenvalue weighted by Gasteiger charge is 2.10. The van der Waals surface area contributed by atoms with E-state index in [2.05, 4.69) is 10.2 Å². The first kappa shape index (κ1) is 12.0. The molecule has 0 aliphatic heterocycles. The molecule has 0 fully saturated rings. The number of hydrogen-bond donors (Lipinski definition) is 1. The molecule has 1 heterocycles. The molecule has 0 amide bonds. The van der Waals surface area contributed by atoms with Gasteiger partial charge in [0, 0.05) is 11.1 Å². The summed E-state index contributed by atoms with van der Waals surface area (Å²) >= 11 is 10.9. The molecular formula is C11H8ClFN2OS. The van der Waals surface area contributed by atoms with Gasteiger partial charge in [0.25, 0.3) is 0 Å². The predicted molar refractivity (Wildman–Crippen MR) is 66.4 cm³/mol. The van der Waals surface area contributed by atoms with Gasteiger partial charge in [0.15, 0.2) is 0 Å². The SMILES string of the molecule is COc1ccc(F)cc1-c1cc(Cl)n[nH]c1=S. The van der Waals surface area contributed by atoms with E-state index < -0.39 is 0 Å². The topological polar surface area (TPSA) is 37.9 Å². The number of nitrogens with one attached hydrogen (secondary N) is 1. The standard InChI is InChI=1S/C11H8ClFN2OS/c1-16-9-3-2-6(13)4-7(9)8-5-10(12)14-15-11(8)17/h2-5H,1H3,(H,15,17). The van der Waals surface area contributed by atoms with E-state index in [1.165, 1.54) is 25.3 Å². The van der Waals surface area contributed by atoms with Crippen LogP contribution in [-0.4, -0.2) is 17.3 Å². The summed E-state index contributed by atoms with van der Waals surface area (Å²) in [4.78, 5) is 0. The fourth-order valence-corrected chi connectivity index (χ4v) is 1.84. The van der Waals surface area contributed by atoms with Crippen LogP contribution >= 0.6 is 23.8 Å². The van der Waals surface area contributed by atoms with Crippen LogP contribution in [0.5, 0.6) is 5.75 Å². The van der Waals surface area contributed by atoms with Crippen molar-refractivity contribution in [2.75, 3.05) is 7.11 Å². The molecule has 0 aliphatic rings. The van der Waals surface area contributed by atoms with E-state index >= 15 is 0 Å². The van der Waals surface area contributed by atoms with Crippen LogP contribution in [-0.2, 0) is 0 Å². The molecule has 3 nitrogen and oxygen atoms in total. The molecule has 1 aromatic carbocycles. The third-order valence-corrected chi connectivity index (χ3v) is 2.73. The van der Waals surface area contributed by atoms with Crippen LogP contribution in [0.4, 0.5) is 4.39 Å². The molecule has 17 heavy (non-hydrogen) atoms. The van der Waals surface area contributed by atoms with Crippen molar-refractivity contribution in [1.29, 1.82) is 0 Å². The van der Waals surface area contributed by atoms with Gasteiger partial charge in [-0.15, -0.1) is 0 Å². The number of aromatic amines is 1. The number of benzene rings is 1. The van der Waals surface area contributed by atoms with Gasteiger partial charge in [-0.05, 0) is 24.3 Å². The number of H-pyrrole nitrogens is 1. The summed E-state index contributed by atoms with van der Waals surface area (Å²) in [7, 11) is 1.51. The van der Waals surface area contributed by atoms with Crippen LogP contribution in [0.3, 0.4) is 0 Å². The molecule has 1 N–H and O–H groups in total. The lowest BCUT2D eigenvalue weighted by molar-refractivity contribution is 0.415. The maximum atomic E-state index is 13.3. The van der Waals surface area contributed by atoms with Crippen molar-refractivity contribution < 1.29 is 9.13 Å². The zero-order valence-corrected chi connectivity index (χ0v) is 10.4. The van der Waals surface area contributed by atoms with E-state index in [9.17, 15) is 4.39 Å². The Morgan fingerprint density at radius 3 is 2.82 bits per heavy atom. The first-order valence-electron chi connectivity index (χ1n) is 4.71. The van der Waals surface area contributed by atoms with Crippen molar-refractivity contribution in [3.05, 3.63) is 39.9 Å². The number of methoxy groups -OCH3 is 1. The summed E-state index contributed by atoms with van der Waals surface area (Å²) in [5.41, 5.74) is 1.12. The Balaban J connectivity index is 2.71. The van der Waals surface area contributed by atoms with Gasteiger partial charge in [0.1, 0.15) is 21.4 Å². The maximum absolute atomic E-state index is 13.3. The smallest absolute Gasteiger partial charge is 0.150 e. The zero-order valence-electron chi connectivity index (χ0n) is 8.83. The third kappa shape index (κ3) is 2.45. The number of nitrogens with zero attached hydrogens (tertiary/aromatic N) is 1. The van der Waals surface area contributed by atoms with Crippen LogP contribution in [0.1, 0.15) is 0 Å². The Morgan fingerprint density at radius 2 is 2.12 bits per heavy atom. The Kier molecular flexibility index (Phi) is 3.40. The number of halogens is 2. The normalized spacial score (nSPS) is 10.3. The second kappa shape index (κ2) is 4.81.